The maximum absolute atomic E-state index is 11.3. The minimum absolute atomic E-state index is 0.462. The van der Waals surface area contributed by atoms with Crippen molar-refractivity contribution in [2.75, 3.05) is 0 Å². The molecule has 1 atom stereocenters. The van der Waals surface area contributed by atoms with Crippen LogP contribution in [0.4, 0.5) is 0 Å². The summed E-state index contributed by atoms with van der Waals surface area (Å²) in [6.07, 6.45) is 0.462. The summed E-state index contributed by atoms with van der Waals surface area (Å²) in [4.78, 5) is 11.3. The highest BCUT2D eigenvalue weighted by Crippen LogP contribution is 2.10. The summed E-state index contributed by atoms with van der Waals surface area (Å²) in [7, 11) is 0. The van der Waals surface area contributed by atoms with E-state index >= 15 is 0 Å². The van der Waals surface area contributed by atoms with E-state index in [9.17, 15) is 9.90 Å². The van der Waals surface area contributed by atoms with Gasteiger partial charge in [0.2, 0.25) is 0 Å². The molecule has 0 radical (unpaired) electrons. The van der Waals surface area contributed by atoms with Gasteiger partial charge < -0.3 is 10.4 Å². The molecule has 2 N–H and O–H groups in total. The van der Waals surface area contributed by atoms with Gasteiger partial charge in [0.1, 0.15) is 6.04 Å². The van der Waals surface area contributed by atoms with Crippen LogP contribution >= 0.6 is 11.6 Å². The first-order valence-corrected chi connectivity index (χ1v) is 6.77. The number of carboxylic acids is 1. The molecule has 0 heterocycles. The Balaban J connectivity index is 1.96. The molecule has 4 heteroatoms. The van der Waals surface area contributed by atoms with Crippen LogP contribution in [0.15, 0.2) is 54.6 Å². The quantitative estimate of drug-likeness (QED) is 0.859. The third-order valence-electron chi connectivity index (χ3n) is 3.05. The third-order valence-corrected chi connectivity index (χ3v) is 3.30. The third kappa shape index (κ3) is 4.37. The molecule has 2 aromatic carbocycles. The molecule has 0 aliphatic rings. The molecule has 104 valence electrons. The zero-order valence-electron chi connectivity index (χ0n) is 10.9. The SMILES string of the molecule is O=C(O)[C@H](Cc1ccccc1)NCc1ccc(Cl)cc1. The van der Waals surface area contributed by atoms with Crippen molar-refractivity contribution in [2.45, 2.75) is 19.0 Å². The molecule has 20 heavy (non-hydrogen) atoms. The summed E-state index contributed by atoms with van der Waals surface area (Å²) in [5, 5.41) is 13.0. The van der Waals surface area contributed by atoms with Gasteiger partial charge in [-0.3, -0.25) is 4.79 Å². The summed E-state index contributed by atoms with van der Waals surface area (Å²) in [5.74, 6) is -0.845. The van der Waals surface area contributed by atoms with Crippen molar-refractivity contribution in [3.8, 4) is 0 Å². The van der Waals surface area contributed by atoms with E-state index in [2.05, 4.69) is 5.32 Å². The Morgan fingerprint density at radius 1 is 1.05 bits per heavy atom. The molecule has 0 aliphatic heterocycles. The van der Waals surface area contributed by atoms with E-state index in [-0.39, 0.29) is 0 Å². The maximum atomic E-state index is 11.3. The van der Waals surface area contributed by atoms with Gasteiger partial charge in [0, 0.05) is 11.6 Å². The first-order valence-electron chi connectivity index (χ1n) is 6.40. The fraction of sp³-hybridized carbons (Fsp3) is 0.188. The van der Waals surface area contributed by atoms with Gasteiger partial charge in [0.25, 0.3) is 0 Å². The summed E-state index contributed by atoms with van der Waals surface area (Å²) >= 11 is 5.82. The zero-order valence-corrected chi connectivity index (χ0v) is 11.7. The minimum Gasteiger partial charge on any atom is -0.480 e. The van der Waals surface area contributed by atoms with Crippen LogP contribution in [0.1, 0.15) is 11.1 Å². The van der Waals surface area contributed by atoms with Crippen LogP contribution in [0.5, 0.6) is 0 Å². The van der Waals surface area contributed by atoms with Gasteiger partial charge in [-0.2, -0.15) is 0 Å². The number of benzene rings is 2. The number of aliphatic carboxylic acids is 1. The number of carboxylic acid groups (broad SMARTS) is 1. The lowest BCUT2D eigenvalue weighted by Crippen LogP contribution is -2.38. The Labute approximate surface area is 123 Å². The van der Waals surface area contributed by atoms with E-state index in [1.807, 2.05) is 42.5 Å². The molecule has 0 saturated carbocycles. The molecule has 2 aromatic rings. The lowest BCUT2D eigenvalue weighted by Gasteiger charge is -2.14. The number of nitrogens with one attached hydrogen (secondary N) is 1. The Kier molecular flexibility index (Phi) is 5.16. The summed E-state index contributed by atoms with van der Waals surface area (Å²) < 4.78 is 0. The fourth-order valence-electron chi connectivity index (χ4n) is 1.94. The molecular weight excluding hydrogens is 274 g/mol. The van der Waals surface area contributed by atoms with Gasteiger partial charge >= 0.3 is 5.97 Å². The Morgan fingerprint density at radius 3 is 2.30 bits per heavy atom. The monoisotopic (exact) mass is 289 g/mol. The van der Waals surface area contributed by atoms with E-state index in [0.29, 0.717) is 18.0 Å². The molecule has 0 spiro atoms. The average Bonchev–Trinajstić information content (AvgIpc) is 2.46. The molecule has 0 fully saturated rings. The molecule has 2 rings (SSSR count). The lowest BCUT2D eigenvalue weighted by atomic mass is 10.1. The number of halogens is 1. The lowest BCUT2D eigenvalue weighted by molar-refractivity contribution is -0.139. The van der Waals surface area contributed by atoms with Crippen molar-refractivity contribution in [3.05, 3.63) is 70.7 Å². The highest BCUT2D eigenvalue weighted by molar-refractivity contribution is 6.30. The summed E-state index contributed by atoms with van der Waals surface area (Å²) in [5.41, 5.74) is 2.01. The maximum Gasteiger partial charge on any atom is 0.321 e. The first-order chi connectivity index (χ1) is 9.65. The van der Waals surface area contributed by atoms with Gasteiger partial charge in [-0.15, -0.1) is 0 Å². The van der Waals surface area contributed by atoms with Gasteiger partial charge in [-0.25, -0.2) is 0 Å². The second-order valence-electron chi connectivity index (χ2n) is 4.59. The van der Waals surface area contributed by atoms with Crippen molar-refractivity contribution >= 4 is 17.6 Å². The fourth-order valence-corrected chi connectivity index (χ4v) is 2.07. The molecule has 0 saturated heterocycles. The second kappa shape index (κ2) is 7.08. The van der Waals surface area contributed by atoms with Gasteiger partial charge in [0.05, 0.1) is 0 Å². The first kappa shape index (κ1) is 14.6. The molecule has 0 bridgehead atoms. The number of hydrogen-bond acceptors (Lipinski definition) is 2. The van der Waals surface area contributed by atoms with Crippen molar-refractivity contribution in [1.82, 2.24) is 5.32 Å². The molecule has 0 aliphatic carbocycles. The molecule has 0 unspecified atom stereocenters. The van der Waals surface area contributed by atoms with Crippen LogP contribution in [0, 0.1) is 0 Å². The highest BCUT2D eigenvalue weighted by Gasteiger charge is 2.16. The van der Waals surface area contributed by atoms with Crippen LogP contribution < -0.4 is 5.32 Å². The normalized spacial score (nSPS) is 12.1. The van der Waals surface area contributed by atoms with E-state index in [4.69, 9.17) is 11.6 Å². The van der Waals surface area contributed by atoms with Gasteiger partial charge in [-0.05, 0) is 29.7 Å². The highest BCUT2D eigenvalue weighted by atomic mass is 35.5. The van der Waals surface area contributed by atoms with Crippen LogP contribution in [-0.4, -0.2) is 17.1 Å². The number of carbonyl (C=O) groups is 1. The van der Waals surface area contributed by atoms with E-state index < -0.39 is 12.0 Å². The number of rotatable bonds is 6. The predicted molar refractivity (Wildman–Crippen MR) is 79.9 cm³/mol. The molecule has 3 nitrogen and oxygen atoms in total. The smallest absolute Gasteiger partial charge is 0.321 e. The predicted octanol–water partition coefficient (Wildman–Crippen LogP) is 3.13. The second-order valence-corrected chi connectivity index (χ2v) is 5.02. The minimum atomic E-state index is -0.845. The van der Waals surface area contributed by atoms with Gasteiger partial charge in [0.15, 0.2) is 0 Å². The van der Waals surface area contributed by atoms with Crippen LogP contribution in [0.25, 0.3) is 0 Å². The number of hydrogen-bond donors (Lipinski definition) is 2. The van der Waals surface area contributed by atoms with Crippen LogP contribution in [0.2, 0.25) is 5.02 Å². The Morgan fingerprint density at radius 2 is 1.70 bits per heavy atom. The molecule has 0 aromatic heterocycles. The Hall–Kier alpha value is -1.84. The van der Waals surface area contributed by atoms with E-state index in [0.717, 1.165) is 11.1 Å². The van der Waals surface area contributed by atoms with Crippen LogP contribution in [-0.2, 0) is 17.8 Å². The van der Waals surface area contributed by atoms with E-state index in [1.54, 1.807) is 12.1 Å². The largest absolute Gasteiger partial charge is 0.480 e. The summed E-state index contributed by atoms with van der Waals surface area (Å²) in [6, 6.07) is 16.4. The zero-order chi connectivity index (χ0) is 14.4. The Bertz CT molecular complexity index is 554. The molecular formula is C16H16ClNO2. The average molecular weight is 290 g/mol. The summed E-state index contributed by atoms with van der Waals surface area (Å²) in [6.45, 7) is 0.501. The topological polar surface area (TPSA) is 49.3 Å². The van der Waals surface area contributed by atoms with Crippen molar-refractivity contribution in [3.63, 3.8) is 0 Å². The standard InChI is InChI=1S/C16H16ClNO2/c17-14-8-6-13(7-9-14)11-18-15(16(19)20)10-12-4-2-1-3-5-12/h1-9,15,18H,10-11H2,(H,19,20)/t15-/m0/s1. The molecule has 0 amide bonds. The van der Waals surface area contributed by atoms with E-state index in [1.165, 1.54) is 0 Å². The van der Waals surface area contributed by atoms with Crippen molar-refractivity contribution in [1.29, 1.82) is 0 Å². The van der Waals surface area contributed by atoms with Crippen molar-refractivity contribution < 1.29 is 9.90 Å². The van der Waals surface area contributed by atoms with Crippen molar-refractivity contribution in [2.24, 2.45) is 0 Å². The van der Waals surface area contributed by atoms with Crippen LogP contribution in [0.3, 0.4) is 0 Å². The van der Waals surface area contributed by atoms with Gasteiger partial charge in [-0.1, -0.05) is 54.1 Å².